The van der Waals surface area contributed by atoms with Crippen molar-refractivity contribution in [2.75, 3.05) is 13.2 Å². The molecule has 0 aliphatic heterocycles. The highest BCUT2D eigenvalue weighted by atomic mass is 16.6. The molecule has 1 atom stereocenters. The van der Waals surface area contributed by atoms with Crippen molar-refractivity contribution in [3.8, 4) is 0 Å². The van der Waals surface area contributed by atoms with Crippen LogP contribution in [-0.4, -0.2) is 37.2 Å². The quantitative estimate of drug-likeness (QED) is 0.0263. The van der Waals surface area contributed by atoms with E-state index in [0.717, 1.165) is 122 Å². The molecule has 0 amide bonds. The molecule has 0 saturated carbocycles. The molecule has 0 spiro atoms. The van der Waals surface area contributed by atoms with Crippen molar-refractivity contribution in [2.45, 2.75) is 200 Å². The van der Waals surface area contributed by atoms with E-state index in [1.807, 2.05) is 12.2 Å². The fraction of sp³-hybridized carbons (Fsp3) is 0.569. The van der Waals surface area contributed by atoms with Crippen LogP contribution in [0, 0.1) is 0 Å². The van der Waals surface area contributed by atoms with Crippen molar-refractivity contribution in [3.63, 3.8) is 0 Å². The van der Waals surface area contributed by atoms with Crippen LogP contribution in [0.2, 0.25) is 0 Å². The van der Waals surface area contributed by atoms with Gasteiger partial charge in [0.05, 0.1) is 0 Å². The Bertz CT molecular complexity index is 1430. The Morgan fingerprint density at radius 1 is 0.328 bits per heavy atom. The van der Waals surface area contributed by atoms with Crippen molar-refractivity contribution < 1.29 is 28.6 Å². The van der Waals surface area contributed by atoms with Crippen LogP contribution >= 0.6 is 0 Å². The van der Waals surface area contributed by atoms with E-state index in [9.17, 15) is 14.4 Å². The first kappa shape index (κ1) is 59.5. The van der Waals surface area contributed by atoms with E-state index >= 15 is 0 Å². The number of hydrogen-bond donors (Lipinski definition) is 0. The Morgan fingerprint density at radius 2 is 0.641 bits per heavy atom. The standard InChI is InChI=1S/C58H90O6/c1-4-7-10-13-16-19-22-24-26-28-29-30-32-33-36-39-42-45-48-51-57(60)63-54-55(53-62-56(59)50-47-44-41-38-35-21-18-15-12-9-6-3)64-58(61)52-49-46-43-40-37-34-31-27-25-23-20-17-14-11-8-5-2/h7-8,10-11,15-20,24-27,29-30,33-34,36-37,43,46,55H,4-6,9,12-14,21-23,28,31-32,35,38-42,44-45,47-54H2,1-3H3/b10-7-,11-8-,18-15-,19-16-,20-17-,26-24-,27-25-,30-29-,36-33-,37-34-,46-43-. The monoisotopic (exact) mass is 883 g/mol. The molecule has 0 aromatic heterocycles. The van der Waals surface area contributed by atoms with Gasteiger partial charge in [0, 0.05) is 19.3 Å². The molecule has 64 heavy (non-hydrogen) atoms. The maximum Gasteiger partial charge on any atom is 0.306 e. The minimum Gasteiger partial charge on any atom is -0.462 e. The van der Waals surface area contributed by atoms with Gasteiger partial charge in [-0.05, 0) is 116 Å². The number of rotatable bonds is 43. The molecule has 0 aromatic carbocycles. The molecular formula is C58H90O6. The predicted octanol–water partition coefficient (Wildman–Crippen LogP) is 16.7. The highest BCUT2D eigenvalue weighted by molar-refractivity contribution is 5.71. The maximum atomic E-state index is 12.7. The third-order valence-corrected chi connectivity index (χ3v) is 9.88. The number of carbonyl (C=O) groups is 3. The second-order valence-electron chi connectivity index (χ2n) is 16.0. The van der Waals surface area contributed by atoms with E-state index in [1.165, 1.54) is 25.7 Å². The molecule has 0 bridgehead atoms. The Labute approximate surface area is 392 Å². The summed E-state index contributed by atoms with van der Waals surface area (Å²) in [5.74, 6) is -1.07. The molecule has 6 nitrogen and oxygen atoms in total. The van der Waals surface area contributed by atoms with Gasteiger partial charge < -0.3 is 14.2 Å². The smallest absolute Gasteiger partial charge is 0.306 e. The lowest BCUT2D eigenvalue weighted by atomic mass is 10.1. The Kier molecular flexibility index (Phi) is 47.6. The molecule has 0 aliphatic carbocycles. The van der Waals surface area contributed by atoms with Gasteiger partial charge in [0.1, 0.15) is 13.2 Å². The molecule has 0 saturated heterocycles. The van der Waals surface area contributed by atoms with E-state index in [4.69, 9.17) is 14.2 Å². The zero-order valence-corrected chi connectivity index (χ0v) is 40.7. The molecular weight excluding hydrogens is 793 g/mol. The first-order chi connectivity index (χ1) is 31.5. The number of ether oxygens (including phenoxy) is 3. The van der Waals surface area contributed by atoms with Crippen molar-refractivity contribution in [2.24, 2.45) is 0 Å². The third kappa shape index (κ3) is 48.6. The van der Waals surface area contributed by atoms with Gasteiger partial charge >= 0.3 is 17.9 Å². The molecule has 0 fully saturated rings. The van der Waals surface area contributed by atoms with Crippen LogP contribution in [0.1, 0.15) is 194 Å². The van der Waals surface area contributed by atoms with Crippen molar-refractivity contribution in [1.82, 2.24) is 0 Å². The summed E-state index contributed by atoms with van der Waals surface area (Å²) >= 11 is 0. The fourth-order valence-corrected chi connectivity index (χ4v) is 6.14. The van der Waals surface area contributed by atoms with Gasteiger partial charge in [-0.3, -0.25) is 14.4 Å². The zero-order valence-electron chi connectivity index (χ0n) is 40.7. The minimum absolute atomic E-state index is 0.128. The van der Waals surface area contributed by atoms with Crippen molar-refractivity contribution in [1.29, 1.82) is 0 Å². The maximum absolute atomic E-state index is 12.7. The average molecular weight is 883 g/mol. The van der Waals surface area contributed by atoms with E-state index in [2.05, 4.69) is 142 Å². The normalized spacial score (nSPS) is 13.2. The summed E-state index contributed by atoms with van der Waals surface area (Å²) in [6.07, 6.45) is 71.6. The van der Waals surface area contributed by atoms with Crippen LogP contribution < -0.4 is 0 Å². The number of esters is 3. The molecule has 0 heterocycles. The van der Waals surface area contributed by atoms with Gasteiger partial charge in [-0.1, -0.05) is 193 Å². The Morgan fingerprint density at radius 3 is 1.05 bits per heavy atom. The van der Waals surface area contributed by atoms with Gasteiger partial charge in [-0.15, -0.1) is 0 Å². The average Bonchev–Trinajstić information content (AvgIpc) is 3.29. The van der Waals surface area contributed by atoms with Crippen LogP contribution in [0.5, 0.6) is 0 Å². The third-order valence-electron chi connectivity index (χ3n) is 9.88. The molecule has 6 heteroatoms. The number of carbonyl (C=O) groups excluding carboxylic acids is 3. The summed E-state index contributed by atoms with van der Waals surface area (Å²) in [4.78, 5) is 37.9. The summed E-state index contributed by atoms with van der Waals surface area (Å²) < 4.78 is 16.7. The van der Waals surface area contributed by atoms with E-state index in [1.54, 1.807) is 0 Å². The molecule has 0 rings (SSSR count). The number of unbranched alkanes of at least 4 members (excludes halogenated alkanes) is 10. The molecule has 0 aromatic rings. The largest absolute Gasteiger partial charge is 0.462 e. The van der Waals surface area contributed by atoms with Crippen LogP contribution in [0.4, 0.5) is 0 Å². The van der Waals surface area contributed by atoms with Crippen LogP contribution in [-0.2, 0) is 28.6 Å². The summed E-state index contributed by atoms with van der Waals surface area (Å²) in [6, 6.07) is 0. The topological polar surface area (TPSA) is 78.9 Å². The fourth-order valence-electron chi connectivity index (χ4n) is 6.14. The van der Waals surface area contributed by atoms with Gasteiger partial charge in [-0.2, -0.15) is 0 Å². The van der Waals surface area contributed by atoms with E-state index in [-0.39, 0.29) is 31.6 Å². The molecule has 358 valence electrons. The van der Waals surface area contributed by atoms with Crippen LogP contribution in [0.3, 0.4) is 0 Å². The molecule has 0 aliphatic rings. The van der Waals surface area contributed by atoms with Crippen LogP contribution in [0.25, 0.3) is 0 Å². The first-order valence-corrected chi connectivity index (χ1v) is 25.2. The lowest BCUT2D eigenvalue weighted by Gasteiger charge is -2.18. The lowest BCUT2D eigenvalue weighted by Crippen LogP contribution is -2.30. The molecule has 0 N–H and O–H groups in total. The highest BCUT2D eigenvalue weighted by Gasteiger charge is 2.19. The van der Waals surface area contributed by atoms with Crippen LogP contribution in [0.15, 0.2) is 134 Å². The number of allylic oxidation sites excluding steroid dienone is 22. The van der Waals surface area contributed by atoms with Gasteiger partial charge in [0.25, 0.3) is 0 Å². The van der Waals surface area contributed by atoms with E-state index in [0.29, 0.717) is 19.3 Å². The van der Waals surface area contributed by atoms with Gasteiger partial charge in [0.2, 0.25) is 0 Å². The SMILES string of the molecule is CC/C=C\C/C=C\C/C=C\C/C=C\C/C=C\CCCCCC(=O)OCC(COC(=O)CCCCCCC/C=C\CCCC)OC(=O)CC/C=C\C/C=C\C/C=C\C/C=C\C/C=C\CC. The molecule has 1 unspecified atom stereocenters. The summed E-state index contributed by atoms with van der Waals surface area (Å²) in [6.45, 7) is 6.24. The van der Waals surface area contributed by atoms with Crippen molar-refractivity contribution in [3.05, 3.63) is 134 Å². The second kappa shape index (κ2) is 51.2. The highest BCUT2D eigenvalue weighted by Crippen LogP contribution is 2.11. The predicted molar refractivity (Wildman–Crippen MR) is 274 cm³/mol. The minimum atomic E-state index is -0.838. The zero-order chi connectivity index (χ0) is 46.5. The first-order valence-electron chi connectivity index (χ1n) is 25.2. The van der Waals surface area contributed by atoms with Gasteiger partial charge in [-0.25, -0.2) is 0 Å². The lowest BCUT2D eigenvalue weighted by molar-refractivity contribution is -0.166. The summed E-state index contributed by atoms with van der Waals surface area (Å²) in [5, 5.41) is 0. The Balaban J connectivity index is 4.57. The summed E-state index contributed by atoms with van der Waals surface area (Å²) in [5.41, 5.74) is 0. The molecule has 0 radical (unpaired) electrons. The van der Waals surface area contributed by atoms with E-state index < -0.39 is 12.1 Å². The Hall–Kier alpha value is -4.45. The number of hydrogen-bond acceptors (Lipinski definition) is 6. The summed E-state index contributed by atoms with van der Waals surface area (Å²) in [7, 11) is 0. The second-order valence-corrected chi connectivity index (χ2v) is 16.0. The van der Waals surface area contributed by atoms with Crippen molar-refractivity contribution >= 4 is 17.9 Å². The van der Waals surface area contributed by atoms with Gasteiger partial charge in [0.15, 0.2) is 6.10 Å².